The second-order valence-corrected chi connectivity index (χ2v) is 5.64. The average Bonchev–Trinajstić information content (AvgIpc) is 2.63. The third-order valence-electron chi connectivity index (χ3n) is 2.74. The maximum Gasteiger partial charge on any atom is 0.339 e. The first-order chi connectivity index (χ1) is 9.31. The van der Waals surface area contributed by atoms with E-state index in [2.05, 4.69) is 15.2 Å². The molecule has 20 heavy (non-hydrogen) atoms. The normalized spacial score (nSPS) is 11.2. The third kappa shape index (κ3) is 2.48. The van der Waals surface area contributed by atoms with E-state index in [1.54, 1.807) is 18.8 Å². The van der Waals surface area contributed by atoms with Crippen LogP contribution in [0.1, 0.15) is 25.5 Å². The molecule has 2 aromatic rings. The molecule has 0 bridgehead atoms. The van der Waals surface area contributed by atoms with Crippen molar-refractivity contribution in [1.82, 2.24) is 24.5 Å². The van der Waals surface area contributed by atoms with E-state index in [0.717, 1.165) is 5.69 Å². The van der Waals surface area contributed by atoms with Gasteiger partial charge in [0.15, 0.2) is 5.16 Å². The van der Waals surface area contributed by atoms with E-state index in [4.69, 9.17) is 5.73 Å². The molecule has 0 amide bonds. The fourth-order valence-electron chi connectivity index (χ4n) is 1.73. The van der Waals surface area contributed by atoms with Crippen molar-refractivity contribution < 1.29 is 0 Å². The summed E-state index contributed by atoms with van der Waals surface area (Å²) < 4.78 is 3.03. The molecule has 2 rings (SSSR count). The van der Waals surface area contributed by atoms with E-state index >= 15 is 0 Å². The molecule has 2 heterocycles. The Morgan fingerprint density at radius 2 is 1.95 bits per heavy atom. The van der Waals surface area contributed by atoms with Crippen molar-refractivity contribution in [1.29, 1.82) is 0 Å². The van der Waals surface area contributed by atoms with Crippen LogP contribution in [-0.4, -0.2) is 24.5 Å². The lowest BCUT2D eigenvalue weighted by atomic mass is 10.1. The van der Waals surface area contributed by atoms with Gasteiger partial charge in [-0.2, -0.15) is 10.1 Å². The lowest BCUT2D eigenvalue weighted by Crippen LogP contribution is -2.33. The predicted molar refractivity (Wildman–Crippen MR) is 75.9 cm³/mol. The third-order valence-corrected chi connectivity index (χ3v) is 3.97. The van der Waals surface area contributed by atoms with Crippen LogP contribution in [0.15, 0.2) is 19.8 Å². The maximum atomic E-state index is 11.3. The Balaban J connectivity index is 2.48. The number of aryl methyl sites for hydroxylation is 2. The number of aromatic amines is 1. The van der Waals surface area contributed by atoms with Crippen molar-refractivity contribution in [3.05, 3.63) is 26.4 Å². The number of H-pyrrole nitrogens is 1. The average molecular weight is 296 g/mol. The molecule has 0 aliphatic carbocycles. The number of nitrogens with one attached hydrogen (secondary N) is 1. The maximum absolute atomic E-state index is 11.3. The minimum atomic E-state index is -0.824. The summed E-state index contributed by atoms with van der Waals surface area (Å²) in [7, 11) is 3.38. The number of anilines is 1. The molecule has 108 valence electrons. The zero-order valence-electron chi connectivity index (χ0n) is 11.7. The first kappa shape index (κ1) is 14.4. The minimum absolute atomic E-state index is 0.197. The van der Waals surface area contributed by atoms with Crippen molar-refractivity contribution >= 4 is 17.4 Å². The standard InChI is InChI=1S/C11H16N6O2S/c1-5(2)7-6(12)10(16(3)14-7)20-11-13-8(18)9(19)15-17(11)4/h5H,12H2,1-4H3,(H,15,19). The van der Waals surface area contributed by atoms with Crippen molar-refractivity contribution in [2.45, 2.75) is 29.9 Å². The zero-order chi connectivity index (χ0) is 15.0. The summed E-state index contributed by atoms with van der Waals surface area (Å²) in [5, 5.41) is 7.78. The molecule has 0 atom stereocenters. The highest BCUT2D eigenvalue weighted by Crippen LogP contribution is 2.34. The van der Waals surface area contributed by atoms with Gasteiger partial charge in [-0.25, -0.2) is 0 Å². The van der Waals surface area contributed by atoms with Crippen LogP contribution in [0.3, 0.4) is 0 Å². The van der Waals surface area contributed by atoms with Gasteiger partial charge in [0.25, 0.3) is 0 Å². The Labute approximate surface area is 119 Å². The number of hydrogen-bond donors (Lipinski definition) is 2. The fourth-order valence-corrected chi connectivity index (χ4v) is 2.60. The van der Waals surface area contributed by atoms with Crippen molar-refractivity contribution in [3.63, 3.8) is 0 Å². The molecule has 0 unspecified atom stereocenters. The van der Waals surface area contributed by atoms with Crippen LogP contribution in [0.2, 0.25) is 0 Å². The summed E-state index contributed by atoms with van der Waals surface area (Å²) in [6.45, 7) is 4.00. The van der Waals surface area contributed by atoms with Crippen LogP contribution < -0.4 is 16.9 Å². The predicted octanol–water partition coefficient (Wildman–Crippen LogP) is 0.0589. The van der Waals surface area contributed by atoms with Crippen LogP contribution in [0.4, 0.5) is 5.69 Å². The Hall–Kier alpha value is -2.03. The molecule has 2 aromatic heterocycles. The van der Waals surface area contributed by atoms with Gasteiger partial charge in [-0.1, -0.05) is 13.8 Å². The molecule has 0 saturated heterocycles. The summed E-state index contributed by atoms with van der Waals surface area (Å²) in [6, 6.07) is 0. The van der Waals surface area contributed by atoms with E-state index in [0.29, 0.717) is 15.9 Å². The second kappa shape index (κ2) is 5.16. The Morgan fingerprint density at radius 3 is 2.50 bits per heavy atom. The zero-order valence-corrected chi connectivity index (χ0v) is 12.5. The van der Waals surface area contributed by atoms with Crippen LogP contribution in [0.25, 0.3) is 0 Å². The van der Waals surface area contributed by atoms with Crippen LogP contribution >= 0.6 is 11.8 Å². The van der Waals surface area contributed by atoms with Gasteiger partial charge in [0.05, 0.1) is 11.4 Å². The van der Waals surface area contributed by atoms with Crippen molar-refractivity contribution in [2.75, 3.05) is 5.73 Å². The Morgan fingerprint density at radius 1 is 1.30 bits per heavy atom. The van der Waals surface area contributed by atoms with E-state index < -0.39 is 11.1 Å². The largest absolute Gasteiger partial charge is 0.395 e. The summed E-state index contributed by atoms with van der Waals surface area (Å²) in [6.07, 6.45) is 0. The fraction of sp³-hybridized carbons (Fsp3) is 0.455. The molecule has 0 fully saturated rings. The number of rotatable bonds is 3. The second-order valence-electron chi connectivity index (χ2n) is 4.68. The molecule has 0 saturated carbocycles. The molecular weight excluding hydrogens is 280 g/mol. The molecule has 8 nitrogen and oxygen atoms in total. The molecule has 0 radical (unpaired) electrons. The number of aromatic nitrogens is 5. The highest BCUT2D eigenvalue weighted by atomic mass is 32.2. The smallest absolute Gasteiger partial charge is 0.339 e. The van der Waals surface area contributed by atoms with Gasteiger partial charge < -0.3 is 5.73 Å². The van der Waals surface area contributed by atoms with Gasteiger partial charge in [-0.05, 0) is 17.7 Å². The quantitative estimate of drug-likeness (QED) is 0.775. The molecule has 0 spiro atoms. The monoisotopic (exact) mass is 296 g/mol. The van der Waals surface area contributed by atoms with E-state index in [1.807, 2.05) is 13.8 Å². The number of hydrogen-bond acceptors (Lipinski definition) is 6. The summed E-state index contributed by atoms with van der Waals surface area (Å²) in [4.78, 5) is 26.2. The van der Waals surface area contributed by atoms with Gasteiger partial charge in [0.2, 0.25) is 0 Å². The van der Waals surface area contributed by atoms with E-state index in [-0.39, 0.29) is 5.92 Å². The molecule has 0 aromatic carbocycles. The summed E-state index contributed by atoms with van der Waals surface area (Å²) >= 11 is 1.19. The van der Waals surface area contributed by atoms with E-state index in [9.17, 15) is 9.59 Å². The molecule has 0 aliphatic heterocycles. The molecule has 0 aliphatic rings. The Bertz CT molecular complexity index is 757. The highest BCUT2D eigenvalue weighted by molar-refractivity contribution is 7.99. The minimum Gasteiger partial charge on any atom is -0.395 e. The Kier molecular flexibility index (Phi) is 3.71. The summed E-state index contributed by atoms with van der Waals surface area (Å²) in [5.41, 5.74) is 5.86. The lowest BCUT2D eigenvalue weighted by molar-refractivity contribution is 0.593. The first-order valence-corrected chi connectivity index (χ1v) is 6.80. The van der Waals surface area contributed by atoms with Gasteiger partial charge in [0.1, 0.15) is 5.03 Å². The molecular formula is C11H16N6O2S. The van der Waals surface area contributed by atoms with Crippen molar-refractivity contribution in [2.24, 2.45) is 14.1 Å². The van der Waals surface area contributed by atoms with Crippen LogP contribution in [-0.2, 0) is 14.1 Å². The van der Waals surface area contributed by atoms with Gasteiger partial charge in [-0.3, -0.25) is 24.1 Å². The van der Waals surface area contributed by atoms with Gasteiger partial charge in [0, 0.05) is 14.1 Å². The number of nitrogen functional groups attached to an aromatic ring is 1. The molecule has 3 N–H and O–H groups in total. The number of nitrogens with zero attached hydrogens (tertiary/aromatic N) is 4. The van der Waals surface area contributed by atoms with Crippen molar-refractivity contribution in [3.8, 4) is 0 Å². The van der Waals surface area contributed by atoms with Gasteiger partial charge >= 0.3 is 11.1 Å². The lowest BCUT2D eigenvalue weighted by Gasteiger charge is -2.06. The number of nitrogens with two attached hydrogens (primary N) is 1. The highest BCUT2D eigenvalue weighted by Gasteiger charge is 2.18. The SMILES string of the molecule is CC(C)c1nn(C)c(Sc2nc(=O)c(=O)[nH]n2C)c1N. The first-order valence-electron chi connectivity index (χ1n) is 5.98. The summed E-state index contributed by atoms with van der Waals surface area (Å²) in [5.74, 6) is 0.197. The van der Waals surface area contributed by atoms with Gasteiger partial charge in [-0.15, -0.1) is 0 Å². The van der Waals surface area contributed by atoms with E-state index in [1.165, 1.54) is 16.4 Å². The van der Waals surface area contributed by atoms with Crippen LogP contribution in [0, 0.1) is 0 Å². The molecule has 9 heteroatoms. The van der Waals surface area contributed by atoms with Crippen LogP contribution in [0.5, 0.6) is 0 Å². The topological polar surface area (TPSA) is 112 Å².